The first-order chi connectivity index (χ1) is 27.6. The number of carboxylic acids is 6. The summed E-state index contributed by atoms with van der Waals surface area (Å²) in [4.78, 5) is 59.1. The summed E-state index contributed by atoms with van der Waals surface area (Å²) >= 11 is 22.4. The minimum atomic E-state index is -1.11. The molecule has 0 aromatic rings. The number of hydrogen-bond acceptors (Lipinski definition) is 20. The Hall–Kier alpha value is -1.40. The number of rotatable bonds is 20. The first-order valence-corrected chi connectivity index (χ1v) is 21.0. The number of aliphatic hydroxyl groups is 8. The van der Waals surface area contributed by atoms with Gasteiger partial charge in [0, 0.05) is 0 Å². The summed E-state index contributed by atoms with van der Waals surface area (Å²) in [5, 5.41) is 114. The molecular weight excluding hydrogens is 921 g/mol. The molecule has 6 unspecified atom stereocenters. The normalized spacial score (nSPS) is 13.0. The molecular formula is C34H72O20S6. The van der Waals surface area contributed by atoms with Crippen molar-refractivity contribution in [3.63, 3.8) is 0 Å². The molecule has 0 aliphatic heterocycles. The van der Waals surface area contributed by atoms with Crippen molar-refractivity contribution in [2.45, 2.75) is 112 Å². The fourth-order valence-electron chi connectivity index (χ4n) is 1.65. The van der Waals surface area contributed by atoms with Gasteiger partial charge in [-0.05, 0) is 38.5 Å². The Kier molecular flexibility index (Phi) is 63.6. The van der Waals surface area contributed by atoms with Crippen molar-refractivity contribution in [3.05, 3.63) is 0 Å². The van der Waals surface area contributed by atoms with Gasteiger partial charge in [0.05, 0.1) is 95.2 Å². The molecule has 0 fully saturated rings. The highest BCUT2D eigenvalue weighted by Gasteiger charge is 2.27. The Labute approximate surface area is 385 Å². The van der Waals surface area contributed by atoms with Crippen LogP contribution in [-0.4, -0.2) is 192 Å². The molecule has 0 spiro atoms. The van der Waals surface area contributed by atoms with E-state index in [9.17, 15) is 28.8 Å². The van der Waals surface area contributed by atoms with E-state index in [1.807, 2.05) is 0 Å². The van der Waals surface area contributed by atoms with Gasteiger partial charge in [-0.25, -0.2) is 0 Å². The highest BCUT2D eigenvalue weighted by atomic mass is 32.1. The van der Waals surface area contributed by atoms with E-state index in [0.29, 0.717) is 38.5 Å². The number of carbonyl (C=O) groups is 6. The van der Waals surface area contributed by atoms with E-state index in [1.54, 1.807) is 41.5 Å². The predicted octanol–water partition coefficient (Wildman–Crippen LogP) is 0.560. The lowest BCUT2D eigenvalue weighted by Gasteiger charge is -2.23. The van der Waals surface area contributed by atoms with Crippen LogP contribution >= 0.6 is 75.8 Å². The molecule has 0 amide bonds. The largest absolute Gasteiger partial charge is 0.480 e. The zero-order valence-corrected chi connectivity index (χ0v) is 40.1. The Morgan fingerprint density at radius 1 is 0.300 bits per heavy atom. The number of aliphatic hydroxyl groups excluding tert-OH is 8. The second-order valence-corrected chi connectivity index (χ2v) is 15.6. The van der Waals surface area contributed by atoms with Crippen LogP contribution in [0.4, 0.5) is 0 Å². The SMILES string of the molecule is CCC(S)C(=O)O.CCC(S)C(=O)O.CCC(S)C(=O)O.CCC(S)C(=O)O.CCC(S)C(=O)O.CCC(S)C(=O)O.OCC(CO)(CO)CO.OCC(CO)(CO)CO. The Morgan fingerprint density at radius 3 is 0.383 bits per heavy atom. The highest BCUT2D eigenvalue weighted by molar-refractivity contribution is 7.82. The smallest absolute Gasteiger partial charge is 0.316 e. The average molecular weight is 993 g/mol. The quantitative estimate of drug-likeness (QED) is 0.0741. The molecule has 0 radical (unpaired) electrons. The maximum absolute atomic E-state index is 9.85. The second kappa shape index (κ2) is 50.2. The third-order valence-electron chi connectivity index (χ3n) is 6.71. The van der Waals surface area contributed by atoms with Gasteiger partial charge in [-0.2, -0.15) is 75.8 Å². The fraction of sp³-hybridized carbons (Fsp3) is 0.824. The van der Waals surface area contributed by atoms with Gasteiger partial charge >= 0.3 is 35.8 Å². The van der Waals surface area contributed by atoms with Crippen molar-refractivity contribution in [2.75, 3.05) is 52.9 Å². The summed E-state index contributed by atoms with van der Waals surface area (Å²) in [6.07, 6.45) is 3.49. The van der Waals surface area contributed by atoms with Crippen molar-refractivity contribution in [3.8, 4) is 0 Å². The highest BCUT2D eigenvalue weighted by Crippen LogP contribution is 2.12. The molecule has 60 heavy (non-hydrogen) atoms. The van der Waals surface area contributed by atoms with Gasteiger partial charge in [-0.15, -0.1) is 0 Å². The van der Waals surface area contributed by atoms with Gasteiger partial charge in [0.2, 0.25) is 0 Å². The van der Waals surface area contributed by atoms with Crippen LogP contribution in [0.25, 0.3) is 0 Å². The molecule has 0 aromatic carbocycles. The lowest BCUT2D eigenvalue weighted by atomic mass is 9.93. The summed E-state index contributed by atoms with van der Waals surface area (Å²) in [5.74, 6) is -5.05. The van der Waals surface area contributed by atoms with Gasteiger partial charge < -0.3 is 71.5 Å². The Bertz CT molecular complexity index is 845. The van der Waals surface area contributed by atoms with Crippen molar-refractivity contribution in [2.24, 2.45) is 10.8 Å². The van der Waals surface area contributed by atoms with Crippen LogP contribution in [0.3, 0.4) is 0 Å². The summed E-state index contributed by atoms with van der Waals surface area (Å²) in [5.41, 5.74) is -2.22. The number of hydrogen-bond donors (Lipinski definition) is 20. The Morgan fingerprint density at radius 2 is 0.383 bits per heavy atom. The standard InChI is InChI=1S/2C5H12O4.6C4H8O2S/c2*6-1-5(2-7,3-8)4-9;6*1-2-3(7)4(5)6/h2*6-9H,1-4H2;6*3,7H,2H2,1H3,(H,5,6). The van der Waals surface area contributed by atoms with Crippen LogP contribution in [0.15, 0.2) is 0 Å². The van der Waals surface area contributed by atoms with Gasteiger partial charge in [0.15, 0.2) is 0 Å². The number of aliphatic carboxylic acids is 6. The molecule has 0 aliphatic rings. The van der Waals surface area contributed by atoms with Crippen molar-refractivity contribution in [1.82, 2.24) is 0 Å². The first-order valence-electron chi connectivity index (χ1n) is 17.9. The summed E-state index contributed by atoms with van der Waals surface area (Å²) in [6, 6.07) is 0. The van der Waals surface area contributed by atoms with Gasteiger partial charge in [-0.3, -0.25) is 28.8 Å². The molecule has 14 N–H and O–H groups in total. The number of thiol groups is 6. The summed E-state index contributed by atoms with van der Waals surface area (Å²) < 4.78 is 0. The minimum Gasteiger partial charge on any atom is -0.480 e. The van der Waals surface area contributed by atoms with E-state index >= 15 is 0 Å². The van der Waals surface area contributed by atoms with E-state index < -0.39 is 131 Å². The molecule has 364 valence electrons. The van der Waals surface area contributed by atoms with Gasteiger partial charge in [0.25, 0.3) is 0 Å². The van der Waals surface area contributed by atoms with E-state index in [-0.39, 0.29) is 0 Å². The van der Waals surface area contributed by atoms with Crippen LogP contribution in [0.5, 0.6) is 0 Å². The van der Waals surface area contributed by atoms with Gasteiger partial charge in [0.1, 0.15) is 0 Å². The third kappa shape index (κ3) is 51.0. The van der Waals surface area contributed by atoms with E-state index in [2.05, 4.69) is 75.8 Å². The second-order valence-electron chi connectivity index (χ2n) is 11.8. The zero-order valence-electron chi connectivity index (χ0n) is 34.8. The molecule has 0 saturated carbocycles. The predicted molar refractivity (Wildman–Crippen MR) is 246 cm³/mol. The molecule has 0 rings (SSSR count). The zero-order chi connectivity index (χ0) is 49.8. The molecule has 26 heteroatoms. The molecule has 6 atom stereocenters. The van der Waals surface area contributed by atoms with Crippen molar-refractivity contribution >= 4 is 112 Å². The monoisotopic (exact) mass is 992 g/mol. The van der Waals surface area contributed by atoms with Crippen molar-refractivity contribution < 1.29 is 100 Å². The lowest BCUT2D eigenvalue weighted by Crippen LogP contribution is -2.37. The van der Waals surface area contributed by atoms with Gasteiger partial charge in [-0.1, -0.05) is 41.5 Å². The molecule has 0 heterocycles. The third-order valence-corrected chi connectivity index (χ3v) is 10.2. The molecule has 0 aliphatic carbocycles. The van der Waals surface area contributed by atoms with Crippen LogP contribution < -0.4 is 0 Å². The molecule has 0 bridgehead atoms. The number of carboxylic acid groups (broad SMARTS) is 6. The van der Waals surface area contributed by atoms with E-state index in [4.69, 9.17) is 71.5 Å². The molecule has 0 aromatic heterocycles. The lowest BCUT2D eigenvalue weighted by molar-refractivity contribution is -0.137. The molecule has 20 nitrogen and oxygen atoms in total. The van der Waals surface area contributed by atoms with E-state index in [1.165, 1.54) is 0 Å². The van der Waals surface area contributed by atoms with E-state index in [0.717, 1.165) is 0 Å². The molecule has 0 saturated heterocycles. The first kappa shape index (κ1) is 75.9. The van der Waals surface area contributed by atoms with Crippen molar-refractivity contribution in [1.29, 1.82) is 0 Å². The average Bonchev–Trinajstić information content (AvgIpc) is 3.25. The maximum Gasteiger partial charge on any atom is 0.316 e. The summed E-state index contributed by atoms with van der Waals surface area (Å²) in [6.45, 7) is 7.45. The topological polar surface area (TPSA) is 386 Å². The Balaban J connectivity index is -0.0000000861. The summed E-state index contributed by atoms with van der Waals surface area (Å²) in [7, 11) is 0. The van der Waals surface area contributed by atoms with Crippen LogP contribution in [0.2, 0.25) is 0 Å². The van der Waals surface area contributed by atoms with Crippen LogP contribution in [0, 0.1) is 10.8 Å². The van der Waals surface area contributed by atoms with Crippen LogP contribution in [-0.2, 0) is 28.8 Å². The van der Waals surface area contributed by atoms with Crippen LogP contribution in [0.1, 0.15) is 80.1 Å². The fourth-order valence-corrected chi connectivity index (χ4v) is 1.65. The maximum atomic E-state index is 9.85. The minimum absolute atomic E-state index is 0.406.